The van der Waals surface area contributed by atoms with Crippen molar-refractivity contribution in [3.8, 4) is 11.5 Å². The summed E-state index contributed by atoms with van der Waals surface area (Å²) < 4.78 is 10.3. The summed E-state index contributed by atoms with van der Waals surface area (Å²) in [5.41, 5.74) is 2.84. The topological polar surface area (TPSA) is 65.0 Å². The number of rotatable bonds is 6. The molecule has 0 aromatic heterocycles. The number of aliphatic imine (C=N–C) groups is 1. The van der Waals surface area contributed by atoms with Crippen LogP contribution in [0.25, 0.3) is 0 Å². The molecule has 5 heteroatoms. The monoisotopic (exact) mass is 387 g/mol. The van der Waals surface area contributed by atoms with Crippen molar-refractivity contribution in [2.24, 2.45) is 4.99 Å². The maximum absolute atomic E-state index is 11.4. The highest BCUT2D eigenvalue weighted by molar-refractivity contribution is 5.83. The molecule has 146 valence electrons. The predicted molar refractivity (Wildman–Crippen MR) is 111 cm³/mol. The van der Waals surface area contributed by atoms with Gasteiger partial charge < -0.3 is 9.47 Å². The Morgan fingerprint density at radius 2 is 1.28 bits per heavy atom. The Kier molecular flexibility index (Phi) is 6.53. The van der Waals surface area contributed by atoms with E-state index in [1.165, 1.54) is 13.8 Å². The third kappa shape index (κ3) is 5.62. The van der Waals surface area contributed by atoms with Gasteiger partial charge in [0.15, 0.2) is 11.5 Å². The minimum absolute atomic E-state index is 0.174. The number of hydrogen-bond acceptors (Lipinski definition) is 5. The Labute approximate surface area is 169 Å². The first-order chi connectivity index (χ1) is 14.0. The van der Waals surface area contributed by atoms with Crippen molar-refractivity contribution in [1.82, 2.24) is 0 Å². The van der Waals surface area contributed by atoms with Crippen molar-refractivity contribution in [3.63, 3.8) is 0 Å². The Bertz CT molecular complexity index is 974. The van der Waals surface area contributed by atoms with Gasteiger partial charge in [0.05, 0.1) is 6.04 Å². The molecule has 0 aliphatic rings. The van der Waals surface area contributed by atoms with Crippen LogP contribution in [0, 0.1) is 0 Å². The Morgan fingerprint density at radius 3 is 1.79 bits per heavy atom. The van der Waals surface area contributed by atoms with E-state index in [1.807, 2.05) is 60.7 Å². The van der Waals surface area contributed by atoms with Gasteiger partial charge in [-0.15, -0.1) is 0 Å². The summed E-state index contributed by atoms with van der Waals surface area (Å²) in [6, 6.07) is 24.8. The van der Waals surface area contributed by atoms with Crippen LogP contribution in [0.15, 0.2) is 83.9 Å². The molecule has 0 saturated heterocycles. The molecular weight excluding hydrogens is 366 g/mol. The van der Waals surface area contributed by atoms with E-state index < -0.39 is 11.9 Å². The Hall–Kier alpha value is -3.73. The summed E-state index contributed by atoms with van der Waals surface area (Å²) in [6.45, 7) is 2.58. The lowest BCUT2D eigenvalue weighted by molar-refractivity contribution is -0.134. The van der Waals surface area contributed by atoms with Crippen LogP contribution in [0.5, 0.6) is 11.5 Å². The third-order valence-electron chi connectivity index (χ3n) is 4.08. The zero-order valence-corrected chi connectivity index (χ0v) is 16.2. The van der Waals surface area contributed by atoms with Crippen molar-refractivity contribution in [3.05, 3.63) is 95.6 Å². The number of hydrogen-bond donors (Lipinski definition) is 0. The third-order valence-corrected chi connectivity index (χ3v) is 4.08. The smallest absolute Gasteiger partial charge is 0.308 e. The zero-order chi connectivity index (χ0) is 20.6. The van der Waals surface area contributed by atoms with Gasteiger partial charge in [0.2, 0.25) is 0 Å². The van der Waals surface area contributed by atoms with E-state index in [1.54, 1.807) is 24.4 Å². The average Bonchev–Trinajstić information content (AvgIpc) is 2.71. The molecule has 3 aromatic carbocycles. The van der Waals surface area contributed by atoms with E-state index in [0.717, 1.165) is 11.1 Å². The van der Waals surface area contributed by atoms with E-state index in [0.29, 0.717) is 5.56 Å². The molecule has 0 unspecified atom stereocenters. The first kappa shape index (κ1) is 20.0. The normalized spacial score (nSPS) is 10.9. The molecule has 0 saturated carbocycles. The summed E-state index contributed by atoms with van der Waals surface area (Å²) in [4.78, 5) is 27.5. The fourth-order valence-electron chi connectivity index (χ4n) is 2.87. The van der Waals surface area contributed by atoms with Gasteiger partial charge in [-0.25, -0.2) is 0 Å². The number of carbonyl (C=O) groups is 2. The van der Waals surface area contributed by atoms with Crippen molar-refractivity contribution in [2.45, 2.75) is 19.9 Å². The van der Waals surface area contributed by atoms with E-state index in [4.69, 9.17) is 14.5 Å². The minimum atomic E-state index is -0.501. The van der Waals surface area contributed by atoms with Crippen LogP contribution in [0.4, 0.5) is 0 Å². The molecule has 0 atom stereocenters. The number of esters is 2. The van der Waals surface area contributed by atoms with E-state index >= 15 is 0 Å². The average molecular weight is 387 g/mol. The second kappa shape index (κ2) is 9.46. The SMILES string of the molecule is CC(=O)Oc1ccc(C=NC(c2ccccc2)c2ccccc2)cc1OC(C)=O. The van der Waals surface area contributed by atoms with Gasteiger partial charge in [-0.3, -0.25) is 14.6 Å². The molecule has 0 bridgehead atoms. The number of carbonyl (C=O) groups excluding carboxylic acids is 2. The van der Waals surface area contributed by atoms with Crippen LogP contribution in [0.2, 0.25) is 0 Å². The lowest BCUT2D eigenvalue weighted by atomic mass is 9.99. The minimum Gasteiger partial charge on any atom is -0.423 e. The molecule has 0 N–H and O–H groups in total. The van der Waals surface area contributed by atoms with Crippen LogP contribution >= 0.6 is 0 Å². The van der Waals surface area contributed by atoms with Gasteiger partial charge in [-0.2, -0.15) is 0 Å². The van der Waals surface area contributed by atoms with Gasteiger partial charge in [-0.05, 0) is 34.9 Å². The first-order valence-electron chi connectivity index (χ1n) is 9.17. The highest BCUT2D eigenvalue weighted by atomic mass is 16.6. The van der Waals surface area contributed by atoms with E-state index in [-0.39, 0.29) is 17.5 Å². The first-order valence-corrected chi connectivity index (χ1v) is 9.17. The second-order valence-corrected chi connectivity index (χ2v) is 6.40. The summed E-state index contributed by atoms with van der Waals surface area (Å²) >= 11 is 0. The van der Waals surface area contributed by atoms with Crippen molar-refractivity contribution in [2.75, 3.05) is 0 Å². The Balaban J connectivity index is 1.95. The molecule has 0 radical (unpaired) electrons. The van der Waals surface area contributed by atoms with Crippen molar-refractivity contribution < 1.29 is 19.1 Å². The molecule has 0 fully saturated rings. The summed E-state index contributed by atoms with van der Waals surface area (Å²) in [5.74, 6) is -0.632. The molecule has 0 aliphatic carbocycles. The lowest BCUT2D eigenvalue weighted by Gasteiger charge is -2.14. The highest BCUT2D eigenvalue weighted by Gasteiger charge is 2.13. The maximum atomic E-state index is 11.4. The molecule has 5 nitrogen and oxygen atoms in total. The van der Waals surface area contributed by atoms with Gasteiger partial charge in [-0.1, -0.05) is 60.7 Å². The van der Waals surface area contributed by atoms with Gasteiger partial charge in [0.1, 0.15) is 0 Å². The standard InChI is InChI=1S/C24H21NO4/c1-17(26)28-22-14-13-19(15-23(22)29-18(2)27)16-25-24(20-9-5-3-6-10-20)21-11-7-4-8-12-21/h3-16,24H,1-2H3. The van der Waals surface area contributed by atoms with Gasteiger partial charge in [0, 0.05) is 20.1 Å². The molecule has 29 heavy (non-hydrogen) atoms. The van der Waals surface area contributed by atoms with E-state index in [2.05, 4.69) is 0 Å². The predicted octanol–water partition coefficient (Wildman–Crippen LogP) is 4.75. The van der Waals surface area contributed by atoms with Crippen LogP contribution < -0.4 is 9.47 Å². The molecule has 3 aromatic rings. The lowest BCUT2D eigenvalue weighted by Crippen LogP contribution is -2.07. The Morgan fingerprint density at radius 1 is 0.759 bits per heavy atom. The molecular formula is C24H21NO4. The maximum Gasteiger partial charge on any atom is 0.308 e. The summed E-state index contributed by atoms with van der Waals surface area (Å²) in [5, 5.41) is 0. The van der Waals surface area contributed by atoms with Crippen molar-refractivity contribution >= 4 is 18.2 Å². The fraction of sp³-hybridized carbons (Fsp3) is 0.125. The molecule has 3 rings (SSSR count). The fourth-order valence-corrected chi connectivity index (χ4v) is 2.87. The second-order valence-electron chi connectivity index (χ2n) is 6.40. The van der Waals surface area contributed by atoms with Gasteiger partial charge >= 0.3 is 11.9 Å². The van der Waals surface area contributed by atoms with Crippen molar-refractivity contribution in [1.29, 1.82) is 0 Å². The van der Waals surface area contributed by atoms with Crippen LogP contribution in [0.1, 0.15) is 36.6 Å². The molecule has 0 heterocycles. The summed E-state index contributed by atoms with van der Waals surface area (Å²) in [6.07, 6.45) is 1.72. The highest BCUT2D eigenvalue weighted by Crippen LogP contribution is 2.30. The number of ether oxygens (including phenoxy) is 2. The van der Waals surface area contributed by atoms with Crippen LogP contribution in [0.3, 0.4) is 0 Å². The van der Waals surface area contributed by atoms with E-state index in [9.17, 15) is 9.59 Å². The molecule has 0 amide bonds. The quantitative estimate of drug-likeness (QED) is 0.348. The van der Waals surface area contributed by atoms with Gasteiger partial charge in [0.25, 0.3) is 0 Å². The number of nitrogens with zero attached hydrogens (tertiary/aromatic N) is 1. The van der Waals surface area contributed by atoms with Crippen LogP contribution in [-0.2, 0) is 9.59 Å². The molecule has 0 spiro atoms. The molecule has 0 aliphatic heterocycles. The zero-order valence-electron chi connectivity index (χ0n) is 16.2. The summed E-state index contributed by atoms with van der Waals surface area (Å²) in [7, 11) is 0. The largest absolute Gasteiger partial charge is 0.423 e. The number of benzene rings is 3. The van der Waals surface area contributed by atoms with Crippen LogP contribution in [-0.4, -0.2) is 18.2 Å².